The first kappa shape index (κ1) is 19.8. The second-order valence-corrected chi connectivity index (χ2v) is 8.07. The number of nitrogens with zero attached hydrogens (tertiary/aromatic N) is 3. The van der Waals surface area contributed by atoms with E-state index in [9.17, 15) is 4.39 Å². The zero-order valence-electron chi connectivity index (χ0n) is 16.1. The van der Waals surface area contributed by atoms with Gasteiger partial charge < -0.3 is 16.0 Å². The van der Waals surface area contributed by atoms with Gasteiger partial charge in [0, 0.05) is 24.5 Å². The summed E-state index contributed by atoms with van der Waals surface area (Å²) < 4.78 is 15.6. The Labute approximate surface area is 181 Å². The van der Waals surface area contributed by atoms with Crippen molar-refractivity contribution in [1.29, 1.82) is 0 Å². The first-order chi connectivity index (χ1) is 14.0. The average Bonchev–Trinajstić information content (AvgIpc) is 3.12. The lowest BCUT2D eigenvalue weighted by atomic mass is 9.95. The van der Waals surface area contributed by atoms with E-state index in [2.05, 4.69) is 64.8 Å². The van der Waals surface area contributed by atoms with E-state index in [1.54, 1.807) is 18.3 Å². The average molecular weight is 505 g/mol. The van der Waals surface area contributed by atoms with Gasteiger partial charge in [0.2, 0.25) is 5.95 Å². The molecule has 0 fully saturated rings. The summed E-state index contributed by atoms with van der Waals surface area (Å²) in [4.78, 5) is 8.75. The van der Waals surface area contributed by atoms with E-state index in [4.69, 9.17) is 0 Å². The van der Waals surface area contributed by atoms with Crippen LogP contribution in [0, 0.1) is 23.2 Å². The first-order valence-corrected chi connectivity index (χ1v) is 10.4. The second-order valence-electron chi connectivity index (χ2n) is 6.91. The van der Waals surface area contributed by atoms with Crippen molar-refractivity contribution in [1.82, 2.24) is 25.5 Å². The molecular formula is C20H21FIN7. The lowest BCUT2D eigenvalue weighted by Gasteiger charge is -2.18. The maximum absolute atomic E-state index is 14.8. The van der Waals surface area contributed by atoms with E-state index in [0.717, 1.165) is 39.9 Å². The normalized spacial score (nSPS) is 13.9. The minimum absolute atomic E-state index is 0.312. The Kier molecular flexibility index (Phi) is 5.76. The van der Waals surface area contributed by atoms with Gasteiger partial charge in [-0.2, -0.15) is 10.1 Å². The lowest BCUT2D eigenvalue weighted by Crippen LogP contribution is -2.20. The molecule has 9 heteroatoms. The van der Waals surface area contributed by atoms with Gasteiger partial charge in [-0.15, -0.1) is 0 Å². The molecule has 3 heterocycles. The van der Waals surface area contributed by atoms with Gasteiger partial charge in [-0.05, 0) is 78.2 Å². The number of anilines is 4. The number of rotatable bonds is 5. The predicted molar refractivity (Wildman–Crippen MR) is 121 cm³/mol. The minimum atomic E-state index is -0.329. The molecule has 0 amide bonds. The number of H-pyrrole nitrogens is 1. The van der Waals surface area contributed by atoms with Crippen molar-refractivity contribution in [2.45, 2.75) is 20.3 Å². The van der Waals surface area contributed by atoms with E-state index in [-0.39, 0.29) is 5.82 Å². The smallest absolute Gasteiger partial charge is 0.229 e. The summed E-state index contributed by atoms with van der Waals surface area (Å²) in [6.07, 6.45) is 4.70. The fourth-order valence-corrected chi connectivity index (χ4v) is 3.62. The third-order valence-corrected chi connectivity index (χ3v) is 5.46. The van der Waals surface area contributed by atoms with Crippen molar-refractivity contribution in [2.75, 3.05) is 23.7 Å². The molecular weight excluding hydrogens is 484 g/mol. The Morgan fingerprint density at radius 1 is 1.17 bits per heavy atom. The van der Waals surface area contributed by atoms with Gasteiger partial charge in [-0.25, -0.2) is 9.37 Å². The monoisotopic (exact) mass is 505 g/mol. The number of halogens is 2. The number of aromatic nitrogens is 4. The molecule has 0 atom stereocenters. The Morgan fingerprint density at radius 3 is 2.76 bits per heavy atom. The Morgan fingerprint density at radius 2 is 2.03 bits per heavy atom. The summed E-state index contributed by atoms with van der Waals surface area (Å²) in [5, 5.41) is 16.5. The zero-order chi connectivity index (χ0) is 20.4. The van der Waals surface area contributed by atoms with E-state index >= 15 is 0 Å². The molecule has 0 bridgehead atoms. The van der Waals surface area contributed by atoms with Crippen LogP contribution < -0.4 is 16.0 Å². The Bertz CT molecular complexity index is 1080. The summed E-state index contributed by atoms with van der Waals surface area (Å²) >= 11 is 2.14. The molecule has 1 aromatic carbocycles. The Hall–Kier alpha value is -2.53. The zero-order valence-corrected chi connectivity index (χ0v) is 18.3. The molecule has 0 aliphatic carbocycles. The number of aryl methyl sites for hydroxylation is 2. The van der Waals surface area contributed by atoms with Gasteiger partial charge in [0.25, 0.3) is 0 Å². The third-order valence-electron chi connectivity index (χ3n) is 4.67. The highest BCUT2D eigenvalue weighted by Crippen LogP contribution is 2.29. The van der Waals surface area contributed by atoms with Crippen LogP contribution in [0.4, 0.5) is 27.7 Å². The van der Waals surface area contributed by atoms with Crippen LogP contribution in [0.25, 0.3) is 5.57 Å². The molecule has 0 saturated carbocycles. The van der Waals surface area contributed by atoms with Crippen molar-refractivity contribution in [3.8, 4) is 0 Å². The molecule has 2 aromatic heterocycles. The van der Waals surface area contributed by atoms with Crippen molar-refractivity contribution < 1.29 is 4.39 Å². The lowest BCUT2D eigenvalue weighted by molar-refractivity contribution is 0.630. The number of nitrogens with one attached hydrogen (secondary N) is 4. The highest BCUT2D eigenvalue weighted by atomic mass is 127. The second kappa shape index (κ2) is 8.46. The molecule has 0 spiro atoms. The van der Waals surface area contributed by atoms with Gasteiger partial charge in [-0.3, -0.25) is 5.10 Å². The molecule has 0 saturated heterocycles. The maximum Gasteiger partial charge on any atom is 0.229 e. The van der Waals surface area contributed by atoms with Gasteiger partial charge in [-0.1, -0.05) is 6.08 Å². The van der Waals surface area contributed by atoms with Crippen LogP contribution in [-0.2, 0) is 0 Å². The van der Waals surface area contributed by atoms with Gasteiger partial charge in [0.15, 0.2) is 11.6 Å². The van der Waals surface area contributed by atoms with E-state index in [1.807, 2.05) is 19.9 Å². The largest absolute Gasteiger partial charge is 0.322 e. The van der Waals surface area contributed by atoms with Crippen LogP contribution in [0.5, 0.6) is 0 Å². The molecule has 0 radical (unpaired) electrons. The van der Waals surface area contributed by atoms with Crippen LogP contribution in [0.1, 0.15) is 23.2 Å². The summed E-state index contributed by atoms with van der Waals surface area (Å²) in [5.41, 5.74) is 4.44. The molecule has 4 N–H and O–H groups in total. The summed E-state index contributed by atoms with van der Waals surface area (Å²) in [6.45, 7) is 5.64. The highest BCUT2D eigenvalue weighted by molar-refractivity contribution is 14.1. The van der Waals surface area contributed by atoms with Crippen LogP contribution in [0.3, 0.4) is 0 Å². The minimum Gasteiger partial charge on any atom is -0.322 e. The fraction of sp³-hybridized carbons (Fsp3) is 0.250. The molecule has 0 unspecified atom stereocenters. The fourth-order valence-electron chi connectivity index (χ4n) is 3.23. The topological polar surface area (TPSA) is 90.6 Å². The molecule has 4 rings (SSSR count). The highest BCUT2D eigenvalue weighted by Gasteiger charge is 2.14. The SMILES string of the molecule is Cc1cc(Nc2nc(Nc3cc(C)c(C4=CCNCC4)cc3F)ncc2I)n[nH]1. The van der Waals surface area contributed by atoms with Crippen molar-refractivity contribution in [3.63, 3.8) is 0 Å². The third kappa shape index (κ3) is 4.56. The van der Waals surface area contributed by atoms with Gasteiger partial charge >= 0.3 is 0 Å². The van der Waals surface area contributed by atoms with E-state index < -0.39 is 0 Å². The molecule has 1 aliphatic heterocycles. The molecule has 29 heavy (non-hydrogen) atoms. The summed E-state index contributed by atoms with van der Waals surface area (Å²) in [5.74, 6) is 1.24. The Balaban J connectivity index is 1.58. The predicted octanol–water partition coefficient (Wildman–Crippen LogP) is 4.42. The molecule has 150 valence electrons. The molecule has 3 aromatic rings. The molecule has 1 aliphatic rings. The number of hydrogen-bond acceptors (Lipinski definition) is 6. The number of hydrogen-bond donors (Lipinski definition) is 4. The van der Waals surface area contributed by atoms with Crippen molar-refractivity contribution in [3.05, 3.63) is 56.7 Å². The van der Waals surface area contributed by atoms with Crippen LogP contribution in [-0.4, -0.2) is 33.3 Å². The number of aromatic amines is 1. The van der Waals surface area contributed by atoms with Crippen LogP contribution in [0.15, 0.2) is 30.5 Å². The van der Waals surface area contributed by atoms with Gasteiger partial charge in [0.1, 0.15) is 5.82 Å². The van der Waals surface area contributed by atoms with Crippen LogP contribution >= 0.6 is 22.6 Å². The maximum atomic E-state index is 14.8. The van der Waals surface area contributed by atoms with Gasteiger partial charge in [0.05, 0.1) is 9.26 Å². The quantitative estimate of drug-likeness (QED) is 0.384. The van der Waals surface area contributed by atoms with Crippen molar-refractivity contribution in [2.24, 2.45) is 0 Å². The summed E-state index contributed by atoms with van der Waals surface area (Å²) in [6, 6.07) is 5.27. The standard InChI is InChI=1S/C20H21FIN7/c1-11-7-17(15(21)9-14(11)13-3-5-23-6-4-13)25-20-24-10-16(22)19(27-20)26-18-8-12(2)28-29-18/h3,7-10,23H,4-6H2,1-2H3,(H3,24,25,26,27,28,29). The number of benzene rings is 1. The van der Waals surface area contributed by atoms with Crippen molar-refractivity contribution >= 4 is 51.4 Å². The first-order valence-electron chi connectivity index (χ1n) is 9.28. The molecule has 7 nitrogen and oxygen atoms in total. The van der Waals surface area contributed by atoms with E-state index in [0.29, 0.717) is 23.3 Å². The van der Waals surface area contributed by atoms with Crippen LogP contribution in [0.2, 0.25) is 0 Å². The van der Waals surface area contributed by atoms with E-state index in [1.165, 1.54) is 5.57 Å². The summed E-state index contributed by atoms with van der Waals surface area (Å²) in [7, 11) is 0.